The Kier molecular flexibility index (Phi) is 5.71. The Bertz CT molecular complexity index is 925. The van der Waals surface area contributed by atoms with Gasteiger partial charge in [0.05, 0.1) is 50.4 Å². The van der Waals surface area contributed by atoms with Crippen LogP contribution in [0.25, 0.3) is 0 Å². The summed E-state index contributed by atoms with van der Waals surface area (Å²) >= 11 is 0. The van der Waals surface area contributed by atoms with Crippen LogP contribution in [0.1, 0.15) is 6.42 Å². The summed E-state index contributed by atoms with van der Waals surface area (Å²) in [6, 6.07) is 12.3. The number of carbonyl (C=O) groups excluding carboxylic acids is 1. The Hall–Kier alpha value is -3.33. The van der Waals surface area contributed by atoms with Crippen LogP contribution in [0.3, 0.4) is 0 Å². The van der Waals surface area contributed by atoms with E-state index in [1.54, 1.807) is 13.2 Å². The van der Waals surface area contributed by atoms with Gasteiger partial charge in [-0.2, -0.15) is 0 Å². The molecule has 2 aromatic carbocycles. The number of fused-ring (bicyclic) bond motifs is 1. The predicted molar refractivity (Wildman–Crippen MR) is 112 cm³/mol. The highest BCUT2D eigenvalue weighted by molar-refractivity contribution is 5.98. The lowest BCUT2D eigenvalue weighted by Gasteiger charge is -2.34. The number of quaternary nitrogens is 1. The summed E-state index contributed by atoms with van der Waals surface area (Å²) < 4.78 is 11.0. The van der Waals surface area contributed by atoms with Gasteiger partial charge in [0.15, 0.2) is 6.10 Å². The second-order valence-corrected chi connectivity index (χ2v) is 7.51. The first-order valence-electron chi connectivity index (χ1n) is 10.0. The zero-order valence-corrected chi connectivity index (χ0v) is 16.8. The molecule has 2 aliphatic heterocycles. The van der Waals surface area contributed by atoms with Gasteiger partial charge in [-0.15, -0.1) is 0 Å². The van der Waals surface area contributed by atoms with Crippen LogP contribution in [0.15, 0.2) is 42.5 Å². The minimum atomic E-state index is -0.578. The number of anilines is 2. The van der Waals surface area contributed by atoms with Gasteiger partial charge in [-0.05, 0) is 30.3 Å². The van der Waals surface area contributed by atoms with E-state index >= 15 is 0 Å². The minimum absolute atomic E-state index is 0.0738. The fourth-order valence-corrected chi connectivity index (χ4v) is 3.90. The molecule has 0 unspecified atom stereocenters. The van der Waals surface area contributed by atoms with Gasteiger partial charge in [0.2, 0.25) is 0 Å². The van der Waals surface area contributed by atoms with E-state index in [1.807, 2.05) is 12.1 Å². The van der Waals surface area contributed by atoms with Crippen LogP contribution in [0, 0.1) is 10.1 Å². The van der Waals surface area contributed by atoms with E-state index in [4.69, 9.17) is 9.47 Å². The molecule has 9 heteroatoms. The maximum atomic E-state index is 12.4. The highest BCUT2D eigenvalue weighted by Gasteiger charge is 2.30. The number of amides is 1. The average Bonchev–Trinajstić information content (AvgIpc) is 2.77. The third kappa shape index (κ3) is 4.30. The fraction of sp³-hybridized carbons (Fsp3) is 0.381. The summed E-state index contributed by atoms with van der Waals surface area (Å²) in [5, 5.41) is 13.6. The molecular formula is C21H25N4O5+. The molecule has 1 fully saturated rings. The Morgan fingerprint density at radius 1 is 1.23 bits per heavy atom. The number of nitrogens with one attached hydrogen (secondary N) is 2. The molecule has 0 aliphatic carbocycles. The molecule has 30 heavy (non-hydrogen) atoms. The van der Waals surface area contributed by atoms with Crippen molar-refractivity contribution in [1.29, 1.82) is 0 Å². The first-order valence-corrected chi connectivity index (χ1v) is 10.0. The monoisotopic (exact) mass is 413 g/mol. The number of nitro benzene ring substituents is 1. The molecule has 1 saturated heterocycles. The first-order chi connectivity index (χ1) is 14.5. The second-order valence-electron chi connectivity index (χ2n) is 7.51. The van der Waals surface area contributed by atoms with E-state index in [1.165, 1.54) is 22.7 Å². The Balaban J connectivity index is 1.28. The predicted octanol–water partition coefficient (Wildman–Crippen LogP) is 1.10. The summed E-state index contributed by atoms with van der Waals surface area (Å²) in [5.74, 6) is 1.08. The zero-order chi connectivity index (χ0) is 21.1. The molecule has 1 amide bonds. The number of benzene rings is 2. The number of nitro groups is 1. The summed E-state index contributed by atoms with van der Waals surface area (Å²) in [6.07, 6.45) is 0.0196. The lowest BCUT2D eigenvalue weighted by atomic mass is 10.1. The standard InChI is InChI=1S/C21H24N4O5/c1-29-17-5-2-15(3-6-17)24-12-10-23(11-13-24)9-8-20-21(26)22-18-14-16(25(27)28)4-7-19(18)30-20/h2-7,14,20H,8-13H2,1H3,(H,22,26)/p+1/t20-/m1/s1. The molecule has 2 aliphatic rings. The van der Waals surface area contributed by atoms with Gasteiger partial charge in [0.25, 0.3) is 11.6 Å². The van der Waals surface area contributed by atoms with Gasteiger partial charge < -0.3 is 24.6 Å². The number of methoxy groups -OCH3 is 1. The van der Waals surface area contributed by atoms with E-state index in [2.05, 4.69) is 22.3 Å². The molecule has 158 valence electrons. The van der Waals surface area contributed by atoms with Crippen LogP contribution >= 0.6 is 0 Å². The third-order valence-electron chi connectivity index (χ3n) is 5.66. The third-order valence-corrected chi connectivity index (χ3v) is 5.66. The van der Waals surface area contributed by atoms with Gasteiger partial charge in [-0.3, -0.25) is 14.9 Å². The smallest absolute Gasteiger partial charge is 0.271 e. The highest BCUT2D eigenvalue weighted by Crippen LogP contribution is 2.33. The molecule has 2 heterocycles. The Labute approximate surface area is 174 Å². The molecule has 0 aromatic heterocycles. The highest BCUT2D eigenvalue weighted by atomic mass is 16.6. The van der Waals surface area contributed by atoms with E-state index < -0.39 is 11.0 Å². The van der Waals surface area contributed by atoms with Crippen molar-refractivity contribution in [2.24, 2.45) is 0 Å². The van der Waals surface area contributed by atoms with Gasteiger partial charge in [-0.25, -0.2) is 0 Å². The SMILES string of the molecule is COc1ccc(N2CC[NH+](CC[C@H]3Oc4ccc([N+](=O)[O-])cc4NC3=O)CC2)cc1. The molecular weight excluding hydrogens is 388 g/mol. The molecule has 2 aromatic rings. The molecule has 0 radical (unpaired) electrons. The van der Waals surface area contributed by atoms with Crippen molar-refractivity contribution in [3.8, 4) is 11.5 Å². The van der Waals surface area contributed by atoms with Crippen molar-refractivity contribution in [1.82, 2.24) is 0 Å². The van der Waals surface area contributed by atoms with Crippen molar-refractivity contribution in [2.75, 3.05) is 50.1 Å². The van der Waals surface area contributed by atoms with Crippen LogP contribution in [0.4, 0.5) is 17.1 Å². The van der Waals surface area contributed by atoms with E-state index in [-0.39, 0.29) is 11.6 Å². The number of piperazine rings is 1. The molecule has 4 rings (SSSR count). The van der Waals surface area contributed by atoms with Gasteiger partial charge in [0, 0.05) is 24.2 Å². The summed E-state index contributed by atoms with van der Waals surface area (Å²) in [4.78, 5) is 26.6. The Morgan fingerprint density at radius 3 is 2.63 bits per heavy atom. The minimum Gasteiger partial charge on any atom is -0.497 e. The molecule has 0 spiro atoms. The maximum absolute atomic E-state index is 12.4. The number of non-ortho nitro benzene ring substituents is 1. The Morgan fingerprint density at radius 2 is 1.97 bits per heavy atom. The fourth-order valence-electron chi connectivity index (χ4n) is 3.90. The van der Waals surface area contributed by atoms with Crippen molar-refractivity contribution >= 4 is 23.0 Å². The van der Waals surface area contributed by atoms with Crippen molar-refractivity contribution in [2.45, 2.75) is 12.5 Å². The van der Waals surface area contributed by atoms with Crippen LogP contribution in [0.5, 0.6) is 11.5 Å². The van der Waals surface area contributed by atoms with Crippen LogP contribution in [-0.4, -0.2) is 56.8 Å². The van der Waals surface area contributed by atoms with Crippen LogP contribution < -0.4 is 24.6 Å². The number of ether oxygens (including phenoxy) is 2. The number of hydrogen-bond acceptors (Lipinski definition) is 6. The summed E-state index contributed by atoms with van der Waals surface area (Å²) in [5.41, 5.74) is 1.47. The maximum Gasteiger partial charge on any atom is 0.271 e. The first kappa shape index (κ1) is 20.0. The van der Waals surface area contributed by atoms with E-state index in [0.717, 1.165) is 38.5 Å². The van der Waals surface area contributed by atoms with Crippen LogP contribution in [-0.2, 0) is 4.79 Å². The lowest BCUT2D eigenvalue weighted by Crippen LogP contribution is -3.15. The van der Waals surface area contributed by atoms with E-state index in [0.29, 0.717) is 17.9 Å². The second kappa shape index (κ2) is 8.58. The molecule has 0 bridgehead atoms. The van der Waals surface area contributed by atoms with Crippen molar-refractivity contribution in [3.05, 3.63) is 52.6 Å². The van der Waals surface area contributed by atoms with E-state index in [9.17, 15) is 14.9 Å². The quantitative estimate of drug-likeness (QED) is 0.544. The summed E-state index contributed by atoms with van der Waals surface area (Å²) in [7, 11) is 1.66. The lowest BCUT2D eigenvalue weighted by molar-refractivity contribution is -0.901. The van der Waals surface area contributed by atoms with Gasteiger partial charge in [0.1, 0.15) is 11.5 Å². The van der Waals surface area contributed by atoms with Crippen molar-refractivity contribution in [3.63, 3.8) is 0 Å². The number of hydrogen-bond donors (Lipinski definition) is 2. The normalized spacial score (nSPS) is 18.9. The summed E-state index contributed by atoms with van der Waals surface area (Å²) in [6.45, 7) is 4.71. The molecule has 9 nitrogen and oxygen atoms in total. The number of nitrogens with zero attached hydrogens (tertiary/aromatic N) is 2. The number of carbonyl (C=O) groups is 1. The topological polar surface area (TPSA) is 98.4 Å². The molecule has 1 atom stereocenters. The van der Waals surface area contributed by atoms with Gasteiger partial charge >= 0.3 is 0 Å². The van der Waals surface area contributed by atoms with Crippen LogP contribution in [0.2, 0.25) is 0 Å². The van der Waals surface area contributed by atoms with Crippen molar-refractivity contribution < 1.29 is 24.1 Å². The number of rotatable bonds is 6. The zero-order valence-electron chi connectivity index (χ0n) is 16.8. The largest absolute Gasteiger partial charge is 0.497 e. The molecule has 0 saturated carbocycles. The average molecular weight is 413 g/mol. The van der Waals surface area contributed by atoms with Gasteiger partial charge in [-0.1, -0.05) is 0 Å². The molecule has 2 N–H and O–H groups in total.